The highest BCUT2D eigenvalue weighted by Crippen LogP contribution is 2.03. The fraction of sp³-hybridized carbons (Fsp3) is 0.200. The number of guanidine groups is 1. The fourth-order valence-electron chi connectivity index (χ4n) is 0.581. The van der Waals surface area contributed by atoms with Gasteiger partial charge in [0.1, 0.15) is 0 Å². The molecule has 0 radical (unpaired) electrons. The molecule has 0 fully saturated rings. The van der Waals surface area contributed by atoms with Crippen LogP contribution in [-0.4, -0.2) is 15.5 Å². The van der Waals surface area contributed by atoms with Crippen LogP contribution in [0.15, 0.2) is 17.4 Å². The summed E-state index contributed by atoms with van der Waals surface area (Å²) in [5.74, 6) is 0.536. The van der Waals surface area contributed by atoms with E-state index < -0.39 is 0 Å². The van der Waals surface area contributed by atoms with Crippen LogP contribution in [0.4, 0.5) is 5.95 Å². The Hall–Kier alpha value is -1.52. The average Bonchev–Trinajstić information content (AvgIpc) is 2.15. The van der Waals surface area contributed by atoms with E-state index >= 15 is 0 Å². The van der Waals surface area contributed by atoms with Gasteiger partial charge < -0.3 is 16.0 Å². The summed E-state index contributed by atoms with van der Waals surface area (Å²) in [6.07, 6.45) is 3.39. The lowest BCUT2D eigenvalue weighted by molar-refractivity contribution is 0.910. The Morgan fingerprint density at radius 1 is 1.70 bits per heavy atom. The van der Waals surface area contributed by atoms with Crippen LogP contribution < -0.4 is 11.5 Å². The normalized spacial score (nSPS) is 9.30. The Kier molecular flexibility index (Phi) is 1.57. The van der Waals surface area contributed by atoms with Gasteiger partial charge >= 0.3 is 0 Å². The van der Waals surface area contributed by atoms with Crippen LogP contribution in [0.25, 0.3) is 0 Å². The first-order valence-electron chi connectivity index (χ1n) is 2.77. The Bertz CT molecular complexity index is 244. The molecule has 1 aromatic heterocycles. The van der Waals surface area contributed by atoms with Crippen LogP contribution in [-0.2, 0) is 7.05 Å². The van der Waals surface area contributed by atoms with Crippen molar-refractivity contribution >= 4 is 11.9 Å². The summed E-state index contributed by atoms with van der Waals surface area (Å²) < 4.78 is 1.72. The number of nitrogens with zero attached hydrogens (tertiary/aromatic N) is 3. The van der Waals surface area contributed by atoms with Crippen LogP contribution in [0.3, 0.4) is 0 Å². The van der Waals surface area contributed by atoms with E-state index in [2.05, 4.69) is 9.98 Å². The molecule has 1 heterocycles. The second-order valence-electron chi connectivity index (χ2n) is 1.87. The molecule has 0 aliphatic carbocycles. The molecule has 5 heteroatoms. The van der Waals surface area contributed by atoms with Crippen LogP contribution in [0.5, 0.6) is 0 Å². The van der Waals surface area contributed by atoms with Crippen molar-refractivity contribution < 1.29 is 0 Å². The molecule has 0 unspecified atom stereocenters. The van der Waals surface area contributed by atoms with E-state index in [-0.39, 0.29) is 5.96 Å². The average molecular weight is 139 g/mol. The lowest BCUT2D eigenvalue weighted by Crippen LogP contribution is -2.22. The number of hydrogen-bond donors (Lipinski definition) is 2. The van der Waals surface area contributed by atoms with E-state index in [0.29, 0.717) is 5.95 Å². The number of nitrogens with two attached hydrogens (primary N) is 2. The summed E-state index contributed by atoms with van der Waals surface area (Å²) in [6.45, 7) is 0. The maximum absolute atomic E-state index is 5.13. The minimum atomic E-state index is 0.0225. The number of aryl methyl sites for hydroxylation is 1. The standard InChI is InChI=1S/C5H9N5/c1-10-3-2-8-5(10)9-4(6)7/h2-3H,1H3,(H4,6,7,8,9). The van der Waals surface area contributed by atoms with Crippen LogP contribution >= 0.6 is 0 Å². The molecule has 0 bridgehead atoms. The zero-order valence-corrected chi connectivity index (χ0v) is 5.65. The highest BCUT2D eigenvalue weighted by molar-refractivity contribution is 5.77. The molecule has 0 amide bonds. The van der Waals surface area contributed by atoms with Crippen molar-refractivity contribution in [2.24, 2.45) is 23.5 Å². The van der Waals surface area contributed by atoms with Crippen LogP contribution in [0.2, 0.25) is 0 Å². The van der Waals surface area contributed by atoms with Crippen molar-refractivity contribution in [1.29, 1.82) is 0 Å². The molecule has 0 aliphatic rings. The van der Waals surface area contributed by atoms with Gasteiger partial charge in [-0.2, -0.15) is 4.99 Å². The van der Waals surface area contributed by atoms with Gasteiger partial charge in [0.05, 0.1) is 0 Å². The molecule has 5 nitrogen and oxygen atoms in total. The quantitative estimate of drug-likeness (QED) is 0.399. The smallest absolute Gasteiger partial charge is 0.232 e. The van der Waals surface area contributed by atoms with Crippen LogP contribution in [0.1, 0.15) is 0 Å². The Morgan fingerprint density at radius 2 is 2.40 bits per heavy atom. The third kappa shape index (κ3) is 1.25. The molecule has 0 spiro atoms. The highest BCUT2D eigenvalue weighted by atomic mass is 15.2. The second-order valence-corrected chi connectivity index (χ2v) is 1.87. The highest BCUT2D eigenvalue weighted by Gasteiger charge is 1.93. The summed E-state index contributed by atoms with van der Waals surface area (Å²) in [7, 11) is 1.81. The first-order valence-corrected chi connectivity index (χ1v) is 2.77. The molecule has 0 aliphatic heterocycles. The van der Waals surface area contributed by atoms with Gasteiger partial charge in [-0.15, -0.1) is 0 Å². The summed E-state index contributed by atoms with van der Waals surface area (Å²) >= 11 is 0. The zero-order chi connectivity index (χ0) is 7.56. The third-order valence-corrected chi connectivity index (χ3v) is 1.02. The summed E-state index contributed by atoms with van der Waals surface area (Å²) in [5, 5.41) is 0. The van der Waals surface area contributed by atoms with Crippen molar-refractivity contribution in [3.8, 4) is 0 Å². The molecule has 4 N–H and O–H groups in total. The molecular weight excluding hydrogens is 130 g/mol. The van der Waals surface area contributed by atoms with E-state index in [1.165, 1.54) is 0 Å². The molecule has 0 saturated carbocycles. The Labute approximate surface area is 58.4 Å². The van der Waals surface area contributed by atoms with E-state index in [1.54, 1.807) is 17.0 Å². The minimum absolute atomic E-state index is 0.0225. The number of imidazole rings is 1. The zero-order valence-electron chi connectivity index (χ0n) is 5.65. The Morgan fingerprint density at radius 3 is 2.80 bits per heavy atom. The molecule has 10 heavy (non-hydrogen) atoms. The van der Waals surface area contributed by atoms with Gasteiger partial charge in [0, 0.05) is 19.4 Å². The maximum atomic E-state index is 5.13. The molecule has 1 rings (SSSR count). The van der Waals surface area contributed by atoms with Gasteiger partial charge in [-0.25, -0.2) is 4.98 Å². The van der Waals surface area contributed by atoms with Gasteiger partial charge in [0.15, 0.2) is 5.96 Å². The first kappa shape index (κ1) is 6.60. The third-order valence-electron chi connectivity index (χ3n) is 1.02. The van der Waals surface area contributed by atoms with Gasteiger partial charge in [-0.1, -0.05) is 0 Å². The number of aliphatic imine (C=N–C) groups is 1. The second kappa shape index (κ2) is 2.38. The monoisotopic (exact) mass is 139 g/mol. The van der Waals surface area contributed by atoms with Crippen molar-refractivity contribution in [1.82, 2.24) is 9.55 Å². The largest absolute Gasteiger partial charge is 0.370 e. The minimum Gasteiger partial charge on any atom is -0.370 e. The topological polar surface area (TPSA) is 82.2 Å². The summed E-state index contributed by atoms with van der Waals surface area (Å²) in [6, 6.07) is 0. The van der Waals surface area contributed by atoms with Gasteiger partial charge in [0.2, 0.25) is 5.95 Å². The molecule has 0 aromatic carbocycles. The predicted octanol–water partition coefficient (Wildman–Crippen LogP) is -0.675. The van der Waals surface area contributed by atoms with Crippen molar-refractivity contribution in [2.45, 2.75) is 0 Å². The molecular formula is C5H9N5. The predicted molar refractivity (Wildman–Crippen MR) is 38.7 cm³/mol. The van der Waals surface area contributed by atoms with Crippen molar-refractivity contribution in [2.75, 3.05) is 0 Å². The van der Waals surface area contributed by atoms with Crippen LogP contribution in [0, 0.1) is 0 Å². The van der Waals surface area contributed by atoms with Gasteiger partial charge in [-0.3, -0.25) is 0 Å². The number of aromatic nitrogens is 2. The SMILES string of the molecule is Cn1ccnc1N=C(N)N. The maximum Gasteiger partial charge on any atom is 0.232 e. The lowest BCUT2D eigenvalue weighted by Gasteiger charge is -1.92. The molecule has 0 atom stereocenters. The lowest BCUT2D eigenvalue weighted by atomic mass is 10.9. The van der Waals surface area contributed by atoms with Crippen molar-refractivity contribution in [3.63, 3.8) is 0 Å². The first-order chi connectivity index (χ1) is 4.70. The Balaban J connectivity index is 2.95. The summed E-state index contributed by atoms with van der Waals surface area (Å²) in [4.78, 5) is 7.61. The molecule has 1 aromatic rings. The number of rotatable bonds is 1. The molecule has 54 valence electrons. The fourth-order valence-corrected chi connectivity index (χ4v) is 0.581. The van der Waals surface area contributed by atoms with E-state index in [4.69, 9.17) is 11.5 Å². The van der Waals surface area contributed by atoms with E-state index in [9.17, 15) is 0 Å². The number of hydrogen-bond acceptors (Lipinski definition) is 2. The summed E-state index contributed by atoms with van der Waals surface area (Å²) in [5.41, 5.74) is 10.3. The van der Waals surface area contributed by atoms with Gasteiger partial charge in [0.25, 0.3) is 0 Å². The van der Waals surface area contributed by atoms with Gasteiger partial charge in [-0.05, 0) is 0 Å². The van der Waals surface area contributed by atoms with E-state index in [1.807, 2.05) is 7.05 Å². The van der Waals surface area contributed by atoms with E-state index in [0.717, 1.165) is 0 Å². The molecule has 0 saturated heterocycles. The van der Waals surface area contributed by atoms with Crippen molar-refractivity contribution in [3.05, 3.63) is 12.4 Å².